The van der Waals surface area contributed by atoms with Crippen LogP contribution in [0.15, 0.2) is 27.8 Å². The van der Waals surface area contributed by atoms with Crippen molar-refractivity contribution in [2.24, 2.45) is 5.92 Å². The van der Waals surface area contributed by atoms with Crippen molar-refractivity contribution in [2.75, 3.05) is 13.1 Å². The first kappa shape index (κ1) is 13.0. The van der Waals surface area contributed by atoms with Crippen molar-refractivity contribution in [3.8, 4) is 0 Å². The van der Waals surface area contributed by atoms with Gasteiger partial charge in [0.05, 0.1) is 0 Å². The van der Waals surface area contributed by atoms with Gasteiger partial charge >= 0.3 is 0 Å². The number of rotatable bonds is 2. The summed E-state index contributed by atoms with van der Waals surface area (Å²) in [5.41, 5.74) is 0. The van der Waals surface area contributed by atoms with E-state index in [1.807, 2.05) is 0 Å². The van der Waals surface area contributed by atoms with Crippen LogP contribution in [-0.2, 0) is 10.0 Å². The second kappa shape index (κ2) is 5.04. The fourth-order valence-electron chi connectivity index (χ4n) is 2.05. The molecule has 0 bridgehead atoms. The molecule has 0 amide bonds. The first-order valence-corrected chi connectivity index (χ1v) is 7.84. The van der Waals surface area contributed by atoms with Gasteiger partial charge in [0.15, 0.2) is 0 Å². The maximum atomic E-state index is 12.4. The van der Waals surface area contributed by atoms with Crippen LogP contribution in [0.5, 0.6) is 0 Å². The standard InChI is InChI=1S/C11H15BrN2O2S/c1-9-3-2-4-14(8-9)17(15,16)11-5-10(12)6-13-7-11/h5-7,9H,2-4,8H2,1H3/t9-/m1/s1. The van der Waals surface area contributed by atoms with Crippen molar-refractivity contribution in [1.82, 2.24) is 9.29 Å². The molecule has 94 valence electrons. The number of halogens is 1. The molecule has 1 aromatic heterocycles. The van der Waals surface area contributed by atoms with Crippen molar-refractivity contribution in [2.45, 2.75) is 24.7 Å². The largest absolute Gasteiger partial charge is 0.262 e. The monoisotopic (exact) mass is 318 g/mol. The lowest BCUT2D eigenvalue weighted by molar-refractivity contribution is 0.281. The van der Waals surface area contributed by atoms with Gasteiger partial charge in [-0.25, -0.2) is 8.42 Å². The molecule has 6 heteroatoms. The molecule has 0 unspecified atom stereocenters. The second-order valence-corrected chi connectivity index (χ2v) is 7.30. The van der Waals surface area contributed by atoms with Crippen molar-refractivity contribution in [1.29, 1.82) is 0 Å². The molecule has 0 aliphatic carbocycles. The van der Waals surface area contributed by atoms with E-state index in [1.54, 1.807) is 16.6 Å². The highest BCUT2D eigenvalue weighted by Gasteiger charge is 2.28. The average Bonchev–Trinajstić information content (AvgIpc) is 2.29. The third-order valence-corrected chi connectivity index (χ3v) is 5.20. The van der Waals surface area contributed by atoms with Crippen LogP contribution in [0.3, 0.4) is 0 Å². The van der Waals surface area contributed by atoms with Gasteiger partial charge < -0.3 is 0 Å². The Kier molecular flexibility index (Phi) is 3.85. The summed E-state index contributed by atoms with van der Waals surface area (Å²) in [5, 5.41) is 0. The molecule has 0 aromatic carbocycles. The highest BCUT2D eigenvalue weighted by molar-refractivity contribution is 9.10. The zero-order chi connectivity index (χ0) is 12.5. The molecule has 1 atom stereocenters. The number of sulfonamides is 1. The summed E-state index contributed by atoms with van der Waals surface area (Å²) < 4.78 is 26.9. The van der Waals surface area contributed by atoms with Crippen molar-refractivity contribution in [3.63, 3.8) is 0 Å². The van der Waals surface area contributed by atoms with E-state index >= 15 is 0 Å². The van der Waals surface area contributed by atoms with Crippen LogP contribution < -0.4 is 0 Å². The van der Waals surface area contributed by atoms with E-state index in [0.717, 1.165) is 12.8 Å². The zero-order valence-corrected chi connectivity index (χ0v) is 12.0. The maximum Gasteiger partial charge on any atom is 0.244 e. The lowest BCUT2D eigenvalue weighted by Gasteiger charge is -2.29. The average molecular weight is 319 g/mol. The van der Waals surface area contributed by atoms with Gasteiger partial charge in [-0.15, -0.1) is 0 Å². The Morgan fingerprint density at radius 2 is 2.24 bits per heavy atom. The Hall–Kier alpha value is -0.460. The molecule has 1 aliphatic heterocycles. The van der Waals surface area contributed by atoms with Gasteiger partial charge in [0.2, 0.25) is 10.0 Å². The predicted molar refractivity (Wildman–Crippen MR) is 69.1 cm³/mol. The Morgan fingerprint density at radius 1 is 1.47 bits per heavy atom. The predicted octanol–water partition coefficient (Wildman–Crippen LogP) is 2.26. The summed E-state index contributed by atoms with van der Waals surface area (Å²) in [7, 11) is -3.38. The van der Waals surface area contributed by atoms with Crippen molar-refractivity contribution in [3.05, 3.63) is 22.9 Å². The van der Waals surface area contributed by atoms with Crippen LogP contribution in [0.2, 0.25) is 0 Å². The molecule has 1 aliphatic rings. The number of aromatic nitrogens is 1. The first-order valence-electron chi connectivity index (χ1n) is 5.61. The van der Waals surface area contributed by atoms with Crippen LogP contribution >= 0.6 is 15.9 Å². The maximum absolute atomic E-state index is 12.4. The normalized spacial score (nSPS) is 22.6. The molecule has 1 fully saturated rings. The summed E-state index contributed by atoms with van der Waals surface area (Å²) in [6.45, 7) is 3.30. The minimum Gasteiger partial charge on any atom is -0.262 e. The lowest BCUT2D eigenvalue weighted by atomic mass is 10.0. The number of nitrogens with zero attached hydrogens (tertiary/aromatic N) is 2. The molecule has 0 spiro atoms. The molecule has 0 N–H and O–H groups in total. The fraction of sp³-hybridized carbons (Fsp3) is 0.545. The van der Waals surface area contributed by atoms with Crippen LogP contribution in [-0.4, -0.2) is 30.8 Å². The van der Waals surface area contributed by atoms with Gasteiger partial charge in [-0.3, -0.25) is 4.98 Å². The fourth-order valence-corrected chi connectivity index (χ4v) is 4.15. The van der Waals surface area contributed by atoms with Crippen LogP contribution in [0.25, 0.3) is 0 Å². The van der Waals surface area contributed by atoms with Gasteiger partial charge in [0, 0.05) is 30.0 Å². The van der Waals surface area contributed by atoms with E-state index in [1.165, 1.54) is 6.20 Å². The molecule has 17 heavy (non-hydrogen) atoms. The highest BCUT2D eigenvalue weighted by atomic mass is 79.9. The molecule has 2 heterocycles. The molecule has 1 aromatic rings. The van der Waals surface area contributed by atoms with Crippen LogP contribution in [0.1, 0.15) is 19.8 Å². The summed E-state index contributed by atoms with van der Waals surface area (Å²) in [6.07, 6.45) is 5.02. The van der Waals surface area contributed by atoms with E-state index in [0.29, 0.717) is 23.5 Å². The van der Waals surface area contributed by atoms with E-state index in [9.17, 15) is 8.42 Å². The van der Waals surface area contributed by atoms with Crippen LogP contribution in [0.4, 0.5) is 0 Å². The molecule has 0 radical (unpaired) electrons. The Bertz CT molecular complexity index is 504. The summed E-state index contributed by atoms with van der Waals surface area (Å²) >= 11 is 3.25. The molecule has 1 saturated heterocycles. The Balaban J connectivity index is 2.29. The lowest BCUT2D eigenvalue weighted by Crippen LogP contribution is -2.39. The van der Waals surface area contributed by atoms with Crippen LogP contribution in [0, 0.1) is 5.92 Å². The summed E-state index contributed by atoms with van der Waals surface area (Å²) in [5.74, 6) is 0.429. The number of hydrogen-bond acceptors (Lipinski definition) is 3. The summed E-state index contributed by atoms with van der Waals surface area (Å²) in [4.78, 5) is 4.18. The second-order valence-electron chi connectivity index (χ2n) is 4.45. The summed E-state index contributed by atoms with van der Waals surface area (Å²) in [6, 6.07) is 1.60. The van der Waals surface area contributed by atoms with E-state index in [2.05, 4.69) is 27.8 Å². The minimum absolute atomic E-state index is 0.265. The molecule has 2 rings (SSSR count). The number of piperidine rings is 1. The van der Waals surface area contributed by atoms with E-state index in [-0.39, 0.29) is 4.90 Å². The quantitative estimate of drug-likeness (QED) is 0.840. The van der Waals surface area contributed by atoms with E-state index in [4.69, 9.17) is 0 Å². The smallest absolute Gasteiger partial charge is 0.244 e. The van der Waals surface area contributed by atoms with Gasteiger partial charge in [0.1, 0.15) is 4.90 Å². The van der Waals surface area contributed by atoms with Gasteiger partial charge in [0.25, 0.3) is 0 Å². The van der Waals surface area contributed by atoms with Gasteiger partial charge in [-0.05, 0) is 40.8 Å². The van der Waals surface area contributed by atoms with E-state index < -0.39 is 10.0 Å². The first-order chi connectivity index (χ1) is 8.00. The number of hydrogen-bond donors (Lipinski definition) is 0. The highest BCUT2D eigenvalue weighted by Crippen LogP contribution is 2.24. The van der Waals surface area contributed by atoms with Gasteiger partial charge in [-0.2, -0.15) is 4.31 Å². The molecular weight excluding hydrogens is 304 g/mol. The molecule has 0 saturated carbocycles. The Morgan fingerprint density at radius 3 is 2.88 bits per heavy atom. The molecular formula is C11H15BrN2O2S. The molecule has 4 nitrogen and oxygen atoms in total. The topological polar surface area (TPSA) is 50.3 Å². The van der Waals surface area contributed by atoms with Crippen molar-refractivity contribution < 1.29 is 8.42 Å². The third-order valence-electron chi connectivity index (χ3n) is 2.94. The third kappa shape index (κ3) is 2.86. The van der Waals surface area contributed by atoms with Crippen molar-refractivity contribution >= 4 is 26.0 Å². The zero-order valence-electron chi connectivity index (χ0n) is 9.63. The SMILES string of the molecule is C[C@@H]1CCCN(S(=O)(=O)c2cncc(Br)c2)C1. The Labute approximate surface area is 110 Å². The van der Waals surface area contributed by atoms with Gasteiger partial charge in [-0.1, -0.05) is 6.92 Å². The minimum atomic E-state index is -3.38. The number of pyridine rings is 1.